The summed E-state index contributed by atoms with van der Waals surface area (Å²) in [7, 11) is 0. The van der Waals surface area contributed by atoms with Gasteiger partial charge in [0, 0.05) is 31.5 Å². The summed E-state index contributed by atoms with van der Waals surface area (Å²) in [6.45, 7) is 7.96. The molecule has 0 aromatic carbocycles. The lowest BCUT2D eigenvalue weighted by Crippen LogP contribution is -2.51. The first kappa shape index (κ1) is 14.1. The minimum absolute atomic E-state index is 0.106. The van der Waals surface area contributed by atoms with Crippen molar-refractivity contribution in [2.24, 2.45) is 0 Å². The standard InChI is InChI=1S/C14H18ClN5O/c1-4-19-8-12(15)13(17-19)14(21)18-6-11(7-18)20-10(3)5-9(2)16-20/h5,8,11H,4,6-7H2,1-3H3. The average molecular weight is 308 g/mol. The van der Waals surface area contributed by atoms with Gasteiger partial charge < -0.3 is 4.90 Å². The number of carbonyl (C=O) groups is 1. The van der Waals surface area contributed by atoms with Crippen LogP contribution in [0.4, 0.5) is 0 Å². The predicted molar refractivity (Wildman–Crippen MR) is 79.6 cm³/mol. The van der Waals surface area contributed by atoms with E-state index >= 15 is 0 Å². The lowest BCUT2D eigenvalue weighted by atomic mass is 10.1. The van der Waals surface area contributed by atoms with E-state index in [1.165, 1.54) is 0 Å². The van der Waals surface area contributed by atoms with Gasteiger partial charge in [0.05, 0.1) is 16.8 Å². The number of aromatic nitrogens is 4. The molecule has 1 aliphatic heterocycles. The number of nitrogens with zero attached hydrogens (tertiary/aromatic N) is 5. The van der Waals surface area contributed by atoms with Crippen molar-refractivity contribution in [2.75, 3.05) is 13.1 Å². The topological polar surface area (TPSA) is 56.0 Å². The molecule has 3 rings (SSSR count). The maximum absolute atomic E-state index is 12.4. The van der Waals surface area contributed by atoms with E-state index in [-0.39, 0.29) is 11.9 Å². The quantitative estimate of drug-likeness (QED) is 0.872. The fourth-order valence-electron chi connectivity index (χ4n) is 2.65. The van der Waals surface area contributed by atoms with Gasteiger partial charge in [-0.15, -0.1) is 0 Å². The zero-order valence-electron chi connectivity index (χ0n) is 12.4. The number of rotatable bonds is 3. The van der Waals surface area contributed by atoms with Crippen molar-refractivity contribution in [3.8, 4) is 0 Å². The molecule has 1 amide bonds. The van der Waals surface area contributed by atoms with Crippen molar-refractivity contribution in [2.45, 2.75) is 33.4 Å². The molecule has 0 N–H and O–H groups in total. The molecular weight excluding hydrogens is 290 g/mol. The van der Waals surface area contributed by atoms with Crippen molar-refractivity contribution >= 4 is 17.5 Å². The van der Waals surface area contributed by atoms with E-state index in [9.17, 15) is 4.79 Å². The van der Waals surface area contributed by atoms with E-state index in [4.69, 9.17) is 11.6 Å². The molecule has 0 aliphatic carbocycles. The number of amides is 1. The fraction of sp³-hybridized carbons (Fsp3) is 0.500. The Kier molecular flexibility index (Phi) is 3.49. The summed E-state index contributed by atoms with van der Waals surface area (Å²) >= 11 is 6.08. The van der Waals surface area contributed by atoms with Gasteiger partial charge in [0.15, 0.2) is 5.69 Å². The number of hydrogen-bond acceptors (Lipinski definition) is 3. The third-order valence-electron chi connectivity index (χ3n) is 3.78. The van der Waals surface area contributed by atoms with Gasteiger partial charge in [0.1, 0.15) is 0 Å². The number of hydrogen-bond donors (Lipinski definition) is 0. The van der Waals surface area contributed by atoms with Crippen LogP contribution in [0, 0.1) is 13.8 Å². The molecule has 0 spiro atoms. The second-order valence-corrected chi connectivity index (χ2v) is 5.82. The highest BCUT2D eigenvalue weighted by Gasteiger charge is 2.35. The summed E-state index contributed by atoms with van der Waals surface area (Å²) < 4.78 is 3.67. The summed E-state index contributed by atoms with van der Waals surface area (Å²) in [6, 6.07) is 2.29. The summed E-state index contributed by atoms with van der Waals surface area (Å²) in [5, 5.41) is 9.10. The Morgan fingerprint density at radius 1 is 1.38 bits per heavy atom. The highest BCUT2D eigenvalue weighted by atomic mass is 35.5. The van der Waals surface area contributed by atoms with Crippen molar-refractivity contribution in [1.82, 2.24) is 24.5 Å². The lowest BCUT2D eigenvalue weighted by Gasteiger charge is -2.39. The van der Waals surface area contributed by atoms with E-state index in [1.807, 2.05) is 31.5 Å². The van der Waals surface area contributed by atoms with Crippen molar-refractivity contribution in [3.63, 3.8) is 0 Å². The van der Waals surface area contributed by atoms with Crippen LogP contribution in [0.15, 0.2) is 12.3 Å². The van der Waals surface area contributed by atoms with Gasteiger partial charge in [-0.2, -0.15) is 10.2 Å². The highest BCUT2D eigenvalue weighted by Crippen LogP contribution is 2.26. The molecule has 21 heavy (non-hydrogen) atoms. The first-order valence-electron chi connectivity index (χ1n) is 7.04. The van der Waals surface area contributed by atoms with E-state index in [1.54, 1.807) is 15.8 Å². The van der Waals surface area contributed by atoms with Crippen LogP contribution in [0.25, 0.3) is 0 Å². The van der Waals surface area contributed by atoms with E-state index < -0.39 is 0 Å². The molecule has 1 aliphatic rings. The van der Waals surface area contributed by atoms with E-state index in [2.05, 4.69) is 10.2 Å². The largest absolute Gasteiger partial charge is 0.333 e. The molecule has 0 bridgehead atoms. The predicted octanol–water partition coefficient (Wildman–Crippen LogP) is 2.07. The smallest absolute Gasteiger partial charge is 0.276 e. The molecule has 0 unspecified atom stereocenters. The Balaban J connectivity index is 1.69. The Bertz CT molecular complexity index is 684. The normalized spacial score (nSPS) is 15.3. The molecule has 3 heterocycles. The Hall–Kier alpha value is -1.82. The molecule has 7 heteroatoms. The molecule has 1 saturated heterocycles. The van der Waals surface area contributed by atoms with Crippen molar-refractivity contribution < 1.29 is 4.79 Å². The third-order valence-corrected chi connectivity index (χ3v) is 4.06. The van der Waals surface area contributed by atoms with Crippen LogP contribution in [0.3, 0.4) is 0 Å². The number of halogens is 1. The molecule has 2 aromatic rings. The van der Waals surface area contributed by atoms with Crippen LogP contribution >= 0.6 is 11.6 Å². The van der Waals surface area contributed by atoms with E-state index in [0.29, 0.717) is 30.4 Å². The first-order chi connectivity index (χ1) is 9.99. The fourth-order valence-corrected chi connectivity index (χ4v) is 2.88. The first-order valence-corrected chi connectivity index (χ1v) is 7.42. The minimum Gasteiger partial charge on any atom is -0.333 e. The highest BCUT2D eigenvalue weighted by molar-refractivity contribution is 6.33. The number of likely N-dealkylation sites (tertiary alicyclic amines) is 1. The Labute approximate surface area is 128 Å². The molecule has 2 aromatic heterocycles. The summed E-state index contributed by atoms with van der Waals surface area (Å²) in [4.78, 5) is 14.1. The maximum Gasteiger partial charge on any atom is 0.276 e. The maximum atomic E-state index is 12.4. The SMILES string of the molecule is CCn1cc(Cl)c(C(=O)N2CC(n3nc(C)cc3C)C2)n1. The third kappa shape index (κ3) is 2.44. The lowest BCUT2D eigenvalue weighted by molar-refractivity contribution is 0.0491. The average Bonchev–Trinajstić information content (AvgIpc) is 2.91. The van der Waals surface area contributed by atoms with Gasteiger partial charge in [-0.1, -0.05) is 11.6 Å². The summed E-state index contributed by atoms with van der Waals surface area (Å²) in [5.74, 6) is -0.106. The van der Waals surface area contributed by atoms with Crippen molar-refractivity contribution in [1.29, 1.82) is 0 Å². The molecule has 0 atom stereocenters. The molecule has 6 nitrogen and oxygen atoms in total. The van der Waals surface area contributed by atoms with E-state index in [0.717, 1.165) is 11.4 Å². The second kappa shape index (κ2) is 5.18. The van der Waals surface area contributed by atoms with Gasteiger partial charge in [-0.25, -0.2) is 0 Å². The van der Waals surface area contributed by atoms with Gasteiger partial charge in [0.25, 0.3) is 5.91 Å². The molecule has 0 saturated carbocycles. The Morgan fingerprint density at radius 3 is 2.62 bits per heavy atom. The zero-order valence-corrected chi connectivity index (χ0v) is 13.1. The van der Waals surface area contributed by atoms with Gasteiger partial charge in [-0.3, -0.25) is 14.2 Å². The van der Waals surface area contributed by atoms with Crippen LogP contribution in [0.1, 0.15) is 34.8 Å². The van der Waals surface area contributed by atoms with Gasteiger partial charge in [-0.05, 0) is 26.8 Å². The van der Waals surface area contributed by atoms with Crippen LogP contribution in [-0.4, -0.2) is 43.5 Å². The molecule has 1 fully saturated rings. The minimum atomic E-state index is -0.106. The van der Waals surface area contributed by atoms with Crippen LogP contribution in [0.2, 0.25) is 5.02 Å². The molecule has 112 valence electrons. The van der Waals surface area contributed by atoms with Crippen molar-refractivity contribution in [3.05, 3.63) is 34.4 Å². The second-order valence-electron chi connectivity index (χ2n) is 5.42. The summed E-state index contributed by atoms with van der Waals surface area (Å²) in [5.41, 5.74) is 2.46. The van der Waals surface area contributed by atoms with Crippen LogP contribution in [0.5, 0.6) is 0 Å². The zero-order chi connectivity index (χ0) is 15.1. The van der Waals surface area contributed by atoms with Crippen LogP contribution < -0.4 is 0 Å². The molecule has 0 radical (unpaired) electrons. The molecular formula is C14H18ClN5O. The van der Waals surface area contributed by atoms with Gasteiger partial charge in [0.2, 0.25) is 0 Å². The van der Waals surface area contributed by atoms with Gasteiger partial charge >= 0.3 is 0 Å². The monoisotopic (exact) mass is 307 g/mol. The summed E-state index contributed by atoms with van der Waals surface area (Å²) in [6.07, 6.45) is 1.69. The Morgan fingerprint density at radius 2 is 2.10 bits per heavy atom. The van der Waals surface area contributed by atoms with Crippen LogP contribution in [-0.2, 0) is 6.54 Å². The number of aryl methyl sites for hydroxylation is 3. The number of carbonyl (C=O) groups excluding carboxylic acids is 1.